The van der Waals surface area contributed by atoms with Crippen LogP contribution in [0.15, 0.2) is 24.3 Å². The zero-order chi connectivity index (χ0) is 13.3. The molecule has 0 spiro atoms. The van der Waals surface area contributed by atoms with Crippen molar-refractivity contribution in [3.8, 4) is 0 Å². The van der Waals surface area contributed by atoms with Crippen LogP contribution in [0.5, 0.6) is 0 Å². The Morgan fingerprint density at radius 1 is 1.28 bits per heavy atom. The predicted octanol–water partition coefficient (Wildman–Crippen LogP) is 3.38. The van der Waals surface area contributed by atoms with E-state index >= 15 is 0 Å². The van der Waals surface area contributed by atoms with Crippen LogP contribution in [0.1, 0.15) is 38.8 Å². The molecule has 0 aliphatic heterocycles. The van der Waals surface area contributed by atoms with Crippen molar-refractivity contribution in [2.75, 3.05) is 5.43 Å². The number of hydrogen-bond acceptors (Lipinski definition) is 3. The van der Waals surface area contributed by atoms with Crippen molar-refractivity contribution in [3.05, 3.63) is 35.4 Å². The molecule has 1 aromatic heterocycles. The van der Waals surface area contributed by atoms with Crippen molar-refractivity contribution in [2.45, 2.75) is 39.5 Å². The van der Waals surface area contributed by atoms with Crippen LogP contribution in [0.2, 0.25) is 0 Å². The summed E-state index contributed by atoms with van der Waals surface area (Å²) in [5.41, 5.74) is 6.22. The Balaban J connectivity index is 2.77. The molecule has 0 aliphatic carbocycles. The van der Waals surface area contributed by atoms with Gasteiger partial charge in [0, 0.05) is 5.39 Å². The molecule has 3 N–H and O–H groups in total. The first kappa shape index (κ1) is 12.8. The van der Waals surface area contributed by atoms with Gasteiger partial charge in [-0.3, -0.25) is 0 Å². The number of benzene rings is 1. The van der Waals surface area contributed by atoms with Gasteiger partial charge in [-0.05, 0) is 29.0 Å². The molecule has 0 radical (unpaired) electrons. The minimum atomic E-state index is 0.0755. The lowest BCUT2D eigenvalue weighted by Gasteiger charge is -2.21. The van der Waals surface area contributed by atoms with Gasteiger partial charge in [0.2, 0.25) is 0 Å². The van der Waals surface area contributed by atoms with E-state index in [2.05, 4.69) is 57.4 Å². The van der Waals surface area contributed by atoms with E-state index in [9.17, 15) is 0 Å². The molecule has 0 bridgehead atoms. The third kappa shape index (κ3) is 2.18. The molecule has 3 heteroatoms. The maximum absolute atomic E-state index is 5.56. The Hall–Kier alpha value is -1.61. The van der Waals surface area contributed by atoms with Crippen LogP contribution in [-0.4, -0.2) is 4.98 Å². The second-order valence-electron chi connectivity index (χ2n) is 5.62. The first-order valence-corrected chi connectivity index (χ1v) is 6.37. The molecule has 2 rings (SSSR count). The number of para-hydroxylation sites is 1. The van der Waals surface area contributed by atoms with Crippen molar-refractivity contribution in [1.29, 1.82) is 0 Å². The average Bonchev–Trinajstić information content (AvgIpc) is 2.35. The molecule has 3 nitrogen and oxygen atoms in total. The van der Waals surface area contributed by atoms with Crippen LogP contribution in [0, 0.1) is 0 Å². The van der Waals surface area contributed by atoms with Gasteiger partial charge in [0.25, 0.3) is 0 Å². The molecule has 96 valence electrons. The van der Waals surface area contributed by atoms with E-state index in [1.54, 1.807) is 0 Å². The molecule has 18 heavy (non-hydrogen) atoms. The molecule has 2 aromatic rings. The van der Waals surface area contributed by atoms with Crippen molar-refractivity contribution in [1.82, 2.24) is 4.98 Å². The maximum atomic E-state index is 5.56. The van der Waals surface area contributed by atoms with E-state index < -0.39 is 0 Å². The van der Waals surface area contributed by atoms with Crippen molar-refractivity contribution < 1.29 is 0 Å². The largest absolute Gasteiger partial charge is 0.308 e. The summed E-state index contributed by atoms with van der Waals surface area (Å²) in [6, 6.07) is 8.52. The highest BCUT2D eigenvalue weighted by molar-refractivity contribution is 5.85. The van der Waals surface area contributed by atoms with Gasteiger partial charge in [0.05, 0.1) is 5.52 Å². The molecule has 0 fully saturated rings. The maximum Gasteiger partial charge on any atom is 0.143 e. The van der Waals surface area contributed by atoms with Gasteiger partial charge in [-0.1, -0.05) is 45.9 Å². The standard InChI is InChI=1S/C15H21N3/c1-5-10-9-11-7-6-8-12(15(2,3)4)13(11)17-14(10)18-16/h6-9H,5,16H2,1-4H3,(H,17,18). The van der Waals surface area contributed by atoms with E-state index in [1.165, 1.54) is 10.9 Å². The zero-order valence-corrected chi connectivity index (χ0v) is 11.5. The summed E-state index contributed by atoms with van der Waals surface area (Å²) >= 11 is 0. The van der Waals surface area contributed by atoms with E-state index in [1.807, 2.05) is 0 Å². The quantitative estimate of drug-likeness (QED) is 0.628. The number of hydrogen-bond donors (Lipinski definition) is 2. The number of aromatic nitrogens is 1. The number of hydrazine groups is 1. The molecule has 0 saturated carbocycles. The number of pyridine rings is 1. The van der Waals surface area contributed by atoms with Crippen molar-refractivity contribution in [2.24, 2.45) is 5.84 Å². The van der Waals surface area contributed by atoms with Gasteiger partial charge in [-0.25, -0.2) is 10.8 Å². The van der Waals surface area contributed by atoms with Crippen LogP contribution in [-0.2, 0) is 11.8 Å². The fraction of sp³-hybridized carbons (Fsp3) is 0.400. The molecule has 0 aliphatic rings. The van der Waals surface area contributed by atoms with Crippen molar-refractivity contribution in [3.63, 3.8) is 0 Å². The second-order valence-corrected chi connectivity index (χ2v) is 5.62. The third-order valence-electron chi connectivity index (χ3n) is 3.25. The molecule has 1 heterocycles. The number of nitrogens with zero attached hydrogens (tertiary/aromatic N) is 1. The molecule has 0 unspecified atom stereocenters. The van der Waals surface area contributed by atoms with E-state index in [-0.39, 0.29) is 5.41 Å². The van der Waals surface area contributed by atoms with Gasteiger partial charge in [0.15, 0.2) is 0 Å². The number of nitrogens with two attached hydrogens (primary N) is 1. The predicted molar refractivity (Wildman–Crippen MR) is 77.6 cm³/mol. The fourth-order valence-corrected chi connectivity index (χ4v) is 2.24. The Labute approximate surface area is 108 Å². The van der Waals surface area contributed by atoms with Gasteiger partial charge in [0.1, 0.15) is 5.82 Å². The zero-order valence-electron chi connectivity index (χ0n) is 11.5. The number of anilines is 1. The smallest absolute Gasteiger partial charge is 0.143 e. The molecule has 0 atom stereocenters. The monoisotopic (exact) mass is 243 g/mol. The number of nitrogens with one attached hydrogen (secondary N) is 1. The Bertz CT molecular complexity index is 568. The lowest BCUT2D eigenvalue weighted by Crippen LogP contribution is -2.15. The Kier molecular flexibility index (Phi) is 3.26. The summed E-state index contributed by atoms with van der Waals surface area (Å²) < 4.78 is 0. The topological polar surface area (TPSA) is 50.9 Å². The lowest BCUT2D eigenvalue weighted by molar-refractivity contribution is 0.594. The lowest BCUT2D eigenvalue weighted by atomic mass is 9.85. The van der Waals surface area contributed by atoms with Crippen LogP contribution < -0.4 is 11.3 Å². The number of rotatable bonds is 2. The molecule has 1 aromatic carbocycles. The first-order valence-electron chi connectivity index (χ1n) is 6.37. The summed E-state index contributed by atoms with van der Waals surface area (Å²) in [5, 5.41) is 1.18. The highest BCUT2D eigenvalue weighted by atomic mass is 15.2. The number of aryl methyl sites for hydroxylation is 1. The van der Waals surface area contributed by atoms with E-state index in [0.717, 1.165) is 23.3 Å². The SMILES string of the molecule is CCc1cc2cccc(C(C)(C)C)c2nc1NN. The highest BCUT2D eigenvalue weighted by Crippen LogP contribution is 2.30. The van der Waals surface area contributed by atoms with Gasteiger partial charge in [-0.15, -0.1) is 0 Å². The van der Waals surface area contributed by atoms with E-state index in [0.29, 0.717) is 0 Å². The summed E-state index contributed by atoms with van der Waals surface area (Å²) in [6.07, 6.45) is 0.919. The summed E-state index contributed by atoms with van der Waals surface area (Å²) in [5.74, 6) is 6.34. The molecule has 0 saturated heterocycles. The van der Waals surface area contributed by atoms with Gasteiger partial charge >= 0.3 is 0 Å². The minimum absolute atomic E-state index is 0.0755. The highest BCUT2D eigenvalue weighted by Gasteiger charge is 2.18. The summed E-state index contributed by atoms with van der Waals surface area (Å²) in [7, 11) is 0. The van der Waals surface area contributed by atoms with Crippen LogP contribution in [0.25, 0.3) is 10.9 Å². The van der Waals surface area contributed by atoms with Crippen LogP contribution >= 0.6 is 0 Å². The molecular formula is C15H21N3. The van der Waals surface area contributed by atoms with Gasteiger partial charge in [-0.2, -0.15) is 0 Å². The Morgan fingerprint density at radius 2 is 2.00 bits per heavy atom. The van der Waals surface area contributed by atoms with Crippen LogP contribution in [0.4, 0.5) is 5.82 Å². The summed E-state index contributed by atoms with van der Waals surface area (Å²) in [4.78, 5) is 4.69. The second kappa shape index (κ2) is 4.58. The summed E-state index contributed by atoms with van der Waals surface area (Å²) in [6.45, 7) is 8.71. The first-order chi connectivity index (χ1) is 8.47. The molecule has 0 amide bonds. The normalized spacial score (nSPS) is 11.8. The fourth-order valence-electron chi connectivity index (χ4n) is 2.24. The third-order valence-corrected chi connectivity index (χ3v) is 3.25. The average molecular weight is 243 g/mol. The number of fused-ring (bicyclic) bond motifs is 1. The van der Waals surface area contributed by atoms with Crippen molar-refractivity contribution >= 4 is 16.7 Å². The van der Waals surface area contributed by atoms with Crippen LogP contribution in [0.3, 0.4) is 0 Å². The number of nitrogen functional groups attached to an aromatic ring is 1. The minimum Gasteiger partial charge on any atom is -0.308 e. The van der Waals surface area contributed by atoms with Gasteiger partial charge < -0.3 is 5.43 Å². The van der Waals surface area contributed by atoms with E-state index in [4.69, 9.17) is 10.8 Å². The Morgan fingerprint density at radius 3 is 2.56 bits per heavy atom. The molecular weight excluding hydrogens is 222 g/mol.